The minimum Gasteiger partial charge on any atom is -0.346 e. The van der Waals surface area contributed by atoms with Crippen LogP contribution in [0.25, 0.3) is 10.9 Å². The van der Waals surface area contributed by atoms with E-state index in [9.17, 15) is 4.79 Å². The molecule has 0 unspecified atom stereocenters. The predicted octanol–water partition coefficient (Wildman–Crippen LogP) is 2.88. The van der Waals surface area contributed by atoms with Gasteiger partial charge < -0.3 is 4.57 Å². The molecule has 0 spiro atoms. The number of hydrogen-bond donors (Lipinski definition) is 0. The number of aryl methyl sites for hydroxylation is 2. The number of nitrogens with zero attached hydrogens (tertiary/aromatic N) is 2. The third kappa shape index (κ3) is 2.17. The van der Waals surface area contributed by atoms with E-state index in [0.29, 0.717) is 23.4 Å². The van der Waals surface area contributed by atoms with E-state index in [2.05, 4.69) is 6.07 Å². The van der Waals surface area contributed by atoms with E-state index < -0.39 is 0 Å². The average molecular weight is 247 g/mol. The van der Waals surface area contributed by atoms with E-state index in [-0.39, 0.29) is 5.43 Å². The van der Waals surface area contributed by atoms with E-state index in [1.807, 2.05) is 11.5 Å². The van der Waals surface area contributed by atoms with Gasteiger partial charge in [0.25, 0.3) is 0 Å². The molecule has 1 heterocycles. The fourth-order valence-electron chi connectivity index (χ4n) is 1.80. The summed E-state index contributed by atoms with van der Waals surface area (Å²) in [5.41, 5.74) is 1.64. The van der Waals surface area contributed by atoms with Crippen molar-refractivity contribution >= 4 is 22.5 Å². The molecule has 0 radical (unpaired) electrons. The Morgan fingerprint density at radius 2 is 2.24 bits per heavy atom. The lowest BCUT2D eigenvalue weighted by molar-refractivity contribution is 0.737. The highest BCUT2D eigenvalue weighted by Gasteiger charge is 2.05. The lowest BCUT2D eigenvalue weighted by Crippen LogP contribution is -2.08. The smallest absolute Gasteiger partial charge is 0.189 e. The number of benzene rings is 1. The molecule has 0 amide bonds. The van der Waals surface area contributed by atoms with Crippen molar-refractivity contribution in [2.24, 2.45) is 0 Å². The van der Waals surface area contributed by atoms with Crippen molar-refractivity contribution in [1.29, 1.82) is 5.26 Å². The van der Waals surface area contributed by atoms with Gasteiger partial charge in [0.2, 0.25) is 0 Å². The largest absolute Gasteiger partial charge is 0.346 e. The summed E-state index contributed by atoms with van der Waals surface area (Å²) in [6.07, 6.45) is 2.11. The summed E-state index contributed by atoms with van der Waals surface area (Å²) in [5, 5.41) is 9.88. The first-order valence-electron chi connectivity index (χ1n) is 5.30. The molecule has 0 atom stereocenters. The van der Waals surface area contributed by atoms with Crippen LogP contribution >= 0.6 is 11.6 Å². The topological polar surface area (TPSA) is 45.8 Å². The fraction of sp³-hybridized carbons (Fsp3) is 0.231. The first-order chi connectivity index (χ1) is 8.13. The Morgan fingerprint density at radius 1 is 1.47 bits per heavy atom. The zero-order chi connectivity index (χ0) is 12.4. The molecule has 17 heavy (non-hydrogen) atoms. The van der Waals surface area contributed by atoms with E-state index >= 15 is 0 Å². The molecule has 86 valence electrons. The van der Waals surface area contributed by atoms with Crippen LogP contribution in [0.5, 0.6) is 0 Å². The van der Waals surface area contributed by atoms with Crippen molar-refractivity contribution in [2.45, 2.75) is 19.9 Å². The maximum atomic E-state index is 11.7. The maximum absolute atomic E-state index is 11.7. The van der Waals surface area contributed by atoms with Gasteiger partial charge in [0, 0.05) is 29.2 Å². The molecular formula is C13H11ClN2O. The molecule has 2 rings (SSSR count). The molecule has 0 bridgehead atoms. The van der Waals surface area contributed by atoms with Crippen LogP contribution in [0.1, 0.15) is 12.0 Å². The summed E-state index contributed by atoms with van der Waals surface area (Å²) < 4.78 is 1.88. The lowest BCUT2D eigenvalue weighted by atomic mass is 10.1. The van der Waals surface area contributed by atoms with Crippen molar-refractivity contribution in [2.75, 3.05) is 0 Å². The number of aromatic nitrogens is 1. The van der Waals surface area contributed by atoms with Crippen molar-refractivity contribution < 1.29 is 0 Å². The standard InChI is InChI=1S/C13H11ClN2O/c1-9-7-10-12(8-11(9)14)16(5-2-4-15)6-3-13(10)17/h3,6-8H,2,5H2,1H3. The molecule has 2 aromatic rings. The second-order valence-electron chi connectivity index (χ2n) is 3.90. The molecule has 4 heteroatoms. The van der Waals surface area contributed by atoms with Crippen LogP contribution in [0.2, 0.25) is 5.02 Å². The summed E-state index contributed by atoms with van der Waals surface area (Å²) in [6.45, 7) is 2.43. The Labute approximate surface area is 104 Å². The summed E-state index contributed by atoms with van der Waals surface area (Å²) in [6, 6.07) is 7.19. The Morgan fingerprint density at radius 3 is 2.94 bits per heavy atom. The Balaban J connectivity index is 2.72. The third-order valence-corrected chi connectivity index (χ3v) is 3.13. The Hall–Kier alpha value is -1.79. The average Bonchev–Trinajstić information content (AvgIpc) is 2.31. The molecule has 0 aliphatic carbocycles. The molecule has 0 saturated carbocycles. The molecule has 3 nitrogen and oxygen atoms in total. The fourth-order valence-corrected chi connectivity index (χ4v) is 1.96. The SMILES string of the molecule is Cc1cc2c(=O)ccn(CCC#N)c2cc1Cl. The number of fused-ring (bicyclic) bond motifs is 1. The van der Waals surface area contributed by atoms with Gasteiger partial charge in [0.05, 0.1) is 18.0 Å². The van der Waals surface area contributed by atoms with Crippen LogP contribution in [0.3, 0.4) is 0 Å². The quantitative estimate of drug-likeness (QED) is 0.818. The van der Waals surface area contributed by atoms with Crippen LogP contribution in [-0.2, 0) is 6.54 Å². The zero-order valence-corrected chi connectivity index (χ0v) is 10.2. The van der Waals surface area contributed by atoms with Gasteiger partial charge in [-0.3, -0.25) is 4.79 Å². The first-order valence-corrected chi connectivity index (χ1v) is 5.67. The molecule has 0 N–H and O–H groups in total. The van der Waals surface area contributed by atoms with E-state index in [1.165, 1.54) is 6.07 Å². The monoisotopic (exact) mass is 246 g/mol. The molecule has 0 aliphatic heterocycles. The van der Waals surface area contributed by atoms with Crippen molar-refractivity contribution in [3.63, 3.8) is 0 Å². The van der Waals surface area contributed by atoms with Crippen molar-refractivity contribution in [1.82, 2.24) is 4.57 Å². The number of halogens is 1. The van der Waals surface area contributed by atoms with Crippen LogP contribution in [0.4, 0.5) is 0 Å². The third-order valence-electron chi connectivity index (χ3n) is 2.72. The highest BCUT2D eigenvalue weighted by atomic mass is 35.5. The highest BCUT2D eigenvalue weighted by molar-refractivity contribution is 6.32. The minimum absolute atomic E-state index is 0.0204. The zero-order valence-electron chi connectivity index (χ0n) is 9.40. The summed E-state index contributed by atoms with van der Waals surface area (Å²) >= 11 is 6.07. The van der Waals surface area contributed by atoms with E-state index in [4.69, 9.17) is 16.9 Å². The molecule has 0 fully saturated rings. The van der Waals surface area contributed by atoms with Gasteiger partial charge in [-0.05, 0) is 24.6 Å². The summed E-state index contributed by atoms with van der Waals surface area (Å²) in [7, 11) is 0. The molecule has 0 saturated heterocycles. The van der Waals surface area contributed by atoms with Crippen LogP contribution in [-0.4, -0.2) is 4.57 Å². The van der Waals surface area contributed by atoms with E-state index in [1.54, 1.807) is 18.3 Å². The minimum atomic E-state index is -0.0204. The van der Waals surface area contributed by atoms with Gasteiger partial charge in [-0.2, -0.15) is 5.26 Å². The van der Waals surface area contributed by atoms with Gasteiger partial charge in [-0.15, -0.1) is 0 Å². The molecule has 0 aliphatic rings. The van der Waals surface area contributed by atoms with Gasteiger partial charge >= 0.3 is 0 Å². The molecular weight excluding hydrogens is 236 g/mol. The van der Waals surface area contributed by atoms with Crippen molar-refractivity contribution in [3.8, 4) is 6.07 Å². The maximum Gasteiger partial charge on any atom is 0.189 e. The van der Waals surface area contributed by atoms with Crippen LogP contribution in [0, 0.1) is 18.3 Å². The van der Waals surface area contributed by atoms with Crippen molar-refractivity contribution in [3.05, 3.63) is 45.2 Å². The predicted molar refractivity (Wildman–Crippen MR) is 68.2 cm³/mol. The molecule has 1 aromatic heterocycles. The van der Waals surface area contributed by atoms with Crippen LogP contribution in [0.15, 0.2) is 29.2 Å². The molecule has 1 aromatic carbocycles. The summed E-state index contributed by atoms with van der Waals surface area (Å²) in [5.74, 6) is 0. The van der Waals surface area contributed by atoms with Gasteiger partial charge in [0.15, 0.2) is 5.43 Å². The number of rotatable bonds is 2. The number of hydrogen-bond acceptors (Lipinski definition) is 2. The Bertz CT molecular complexity index is 667. The van der Waals surface area contributed by atoms with Gasteiger partial charge in [-0.25, -0.2) is 0 Å². The number of pyridine rings is 1. The van der Waals surface area contributed by atoms with Crippen LogP contribution < -0.4 is 5.43 Å². The number of nitriles is 1. The highest BCUT2D eigenvalue weighted by Crippen LogP contribution is 2.21. The van der Waals surface area contributed by atoms with Gasteiger partial charge in [-0.1, -0.05) is 11.6 Å². The second-order valence-corrected chi connectivity index (χ2v) is 4.31. The first kappa shape index (κ1) is 11.7. The Kier molecular flexibility index (Phi) is 3.16. The second kappa shape index (κ2) is 4.60. The normalized spacial score (nSPS) is 10.4. The van der Waals surface area contributed by atoms with Gasteiger partial charge in [0.1, 0.15) is 0 Å². The lowest BCUT2D eigenvalue weighted by Gasteiger charge is -2.10. The summed E-state index contributed by atoms with van der Waals surface area (Å²) in [4.78, 5) is 11.7. The van der Waals surface area contributed by atoms with E-state index in [0.717, 1.165) is 11.1 Å².